The fourth-order valence-corrected chi connectivity index (χ4v) is 4.01. The second-order valence-corrected chi connectivity index (χ2v) is 8.05. The molecule has 0 aliphatic heterocycles. The Morgan fingerprint density at radius 3 is 2.87 bits per heavy atom. The van der Waals surface area contributed by atoms with E-state index in [1.54, 1.807) is 30.7 Å². The van der Waals surface area contributed by atoms with Crippen molar-refractivity contribution in [3.05, 3.63) is 51.1 Å². The minimum Gasteiger partial charge on any atom is -0.383 e. The van der Waals surface area contributed by atoms with E-state index in [-0.39, 0.29) is 16.8 Å². The van der Waals surface area contributed by atoms with E-state index in [1.807, 2.05) is 17.5 Å². The van der Waals surface area contributed by atoms with Gasteiger partial charge >= 0.3 is 0 Å². The number of benzene rings is 1. The summed E-state index contributed by atoms with van der Waals surface area (Å²) in [5.41, 5.74) is 0.786. The number of anilines is 1. The molecule has 2 aromatic heterocycles. The van der Waals surface area contributed by atoms with Crippen molar-refractivity contribution >= 4 is 52.7 Å². The maximum absolute atomic E-state index is 12.8. The number of methoxy groups -OCH3 is 1. The van der Waals surface area contributed by atoms with Gasteiger partial charge in [-0.05, 0) is 48.8 Å². The third kappa shape index (κ3) is 4.96. The standard InChI is InChI=1S/C19H20ClN5O3S2/c1-11(25-16(23-24-19(25)29)15-4-3-9-30-15)17(26)22-12-5-6-13(14(20)10-12)18(27)21-7-8-28-2/h3-6,9-11H,7-8H2,1-2H3,(H,21,27)(H,22,26)(H,24,29). The van der Waals surface area contributed by atoms with Crippen LogP contribution in [0.2, 0.25) is 5.02 Å². The van der Waals surface area contributed by atoms with Gasteiger partial charge in [0.05, 0.1) is 22.1 Å². The highest BCUT2D eigenvalue weighted by Crippen LogP contribution is 2.27. The lowest BCUT2D eigenvalue weighted by Crippen LogP contribution is -2.27. The van der Waals surface area contributed by atoms with Gasteiger partial charge in [0.25, 0.3) is 5.91 Å². The number of nitrogens with one attached hydrogen (secondary N) is 3. The minimum atomic E-state index is -0.621. The molecule has 0 spiro atoms. The van der Waals surface area contributed by atoms with Crippen LogP contribution in [-0.4, -0.2) is 46.8 Å². The molecule has 0 radical (unpaired) electrons. The van der Waals surface area contributed by atoms with Crippen LogP contribution in [0, 0.1) is 4.77 Å². The molecule has 1 unspecified atom stereocenters. The largest absolute Gasteiger partial charge is 0.383 e. The van der Waals surface area contributed by atoms with Crippen molar-refractivity contribution in [2.75, 3.05) is 25.6 Å². The third-order valence-corrected chi connectivity index (χ3v) is 5.75. The van der Waals surface area contributed by atoms with Crippen LogP contribution < -0.4 is 10.6 Å². The topological polar surface area (TPSA) is 101 Å². The zero-order valence-corrected chi connectivity index (χ0v) is 18.7. The number of H-pyrrole nitrogens is 1. The van der Waals surface area contributed by atoms with Gasteiger partial charge in [-0.15, -0.1) is 11.3 Å². The zero-order valence-electron chi connectivity index (χ0n) is 16.3. The van der Waals surface area contributed by atoms with Crippen molar-refractivity contribution in [2.24, 2.45) is 0 Å². The molecule has 2 amide bonds. The fraction of sp³-hybridized carbons (Fsp3) is 0.263. The molecule has 0 aliphatic carbocycles. The van der Waals surface area contributed by atoms with Gasteiger partial charge in [0.2, 0.25) is 5.91 Å². The van der Waals surface area contributed by atoms with E-state index in [2.05, 4.69) is 20.8 Å². The molecule has 8 nitrogen and oxygen atoms in total. The number of hydrogen-bond acceptors (Lipinski definition) is 6. The highest BCUT2D eigenvalue weighted by molar-refractivity contribution is 7.71. The zero-order chi connectivity index (χ0) is 21.7. The van der Waals surface area contributed by atoms with E-state index in [1.165, 1.54) is 17.4 Å². The second kappa shape index (κ2) is 9.98. The van der Waals surface area contributed by atoms with E-state index in [0.29, 0.717) is 35.0 Å². The lowest BCUT2D eigenvalue weighted by molar-refractivity contribution is -0.118. The summed E-state index contributed by atoms with van der Waals surface area (Å²) in [7, 11) is 1.55. The smallest absolute Gasteiger partial charge is 0.252 e. The number of carbonyl (C=O) groups is 2. The van der Waals surface area contributed by atoms with Gasteiger partial charge < -0.3 is 15.4 Å². The maximum atomic E-state index is 12.8. The van der Waals surface area contributed by atoms with Gasteiger partial charge in [-0.25, -0.2) is 0 Å². The number of halogens is 1. The Morgan fingerprint density at radius 1 is 1.40 bits per heavy atom. The Bertz CT molecular complexity index is 1090. The molecule has 0 bridgehead atoms. The number of ether oxygens (including phenoxy) is 1. The quantitative estimate of drug-likeness (QED) is 0.346. The molecular formula is C19H20ClN5O3S2. The number of hydrogen-bond donors (Lipinski definition) is 3. The number of nitrogens with zero attached hydrogens (tertiary/aromatic N) is 2. The summed E-state index contributed by atoms with van der Waals surface area (Å²) < 4.78 is 6.92. The number of aromatic amines is 1. The predicted octanol–water partition coefficient (Wildman–Crippen LogP) is 3.90. The maximum Gasteiger partial charge on any atom is 0.252 e. The molecule has 3 rings (SSSR count). The summed E-state index contributed by atoms with van der Waals surface area (Å²) in [6, 6.07) is 7.91. The molecular weight excluding hydrogens is 446 g/mol. The average molecular weight is 466 g/mol. The summed E-state index contributed by atoms with van der Waals surface area (Å²) in [5.74, 6) is -0.00832. The number of aromatic nitrogens is 3. The molecule has 30 heavy (non-hydrogen) atoms. The van der Waals surface area contributed by atoms with E-state index < -0.39 is 6.04 Å². The first kappa shape index (κ1) is 22.2. The molecule has 3 aromatic rings. The highest BCUT2D eigenvalue weighted by Gasteiger charge is 2.22. The van der Waals surface area contributed by atoms with Gasteiger partial charge in [0, 0.05) is 19.3 Å². The first-order valence-electron chi connectivity index (χ1n) is 9.00. The number of amides is 2. The van der Waals surface area contributed by atoms with Crippen molar-refractivity contribution in [1.29, 1.82) is 0 Å². The van der Waals surface area contributed by atoms with Crippen LogP contribution in [0.25, 0.3) is 10.7 Å². The molecule has 0 aliphatic rings. The summed E-state index contributed by atoms with van der Waals surface area (Å²) in [4.78, 5) is 25.9. The molecule has 11 heteroatoms. The number of thiophene rings is 1. The summed E-state index contributed by atoms with van der Waals surface area (Å²) in [6.07, 6.45) is 0. The first-order valence-corrected chi connectivity index (χ1v) is 10.7. The molecule has 1 aromatic carbocycles. The second-order valence-electron chi connectivity index (χ2n) is 6.31. The van der Waals surface area contributed by atoms with E-state index in [4.69, 9.17) is 28.6 Å². The van der Waals surface area contributed by atoms with Crippen molar-refractivity contribution < 1.29 is 14.3 Å². The van der Waals surface area contributed by atoms with Crippen LogP contribution in [0.1, 0.15) is 23.3 Å². The van der Waals surface area contributed by atoms with Crippen LogP contribution in [0.4, 0.5) is 5.69 Å². The fourth-order valence-electron chi connectivity index (χ4n) is 2.75. The Hall–Kier alpha value is -2.53. The van der Waals surface area contributed by atoms with E-state index >= 15 is 0 Å². The molecule has 0 saturated heterocycles. The molecule has 2 heterocycles. The summed E-state index contributed by atoms with van der Waals surface area (Å²) in [6.45, 7) is 2.51. The van der Waals surface area contributed by atoms with Crippen molar-refractivity contribution in [3.8, 4) is 10.7 Å². The average Bonchev–Trinajstić information content (AvgIpc) is 3.37. The predicted molar refractivity (Wildman–Crippen MR) is 120 cm³/mol. The Kier molecular flexibility index (Phi) is 7.38. The molecule has 0 saturated carbocycles. The van der Waals surface area contributed by atoms with Crippen molar-refractivity contribution in [1.82, 2.24) is 20.1 Å². The van der Waals surface area contributed by atoms with Crippen LogP contribution in [0.3, 0.4) is 0 Å². The molecule has 1 atom stereocenters. The summed E-state index contributed by atoms with van der Waals surface area (Å²) in [5, 5.41) is 14.7. The van der Waals surface area contributed by atoms with Gasteiger partial charge in [-0.3, -0.25) is 19.3 Å². The minimum absolute atomic E-state index is 0.231. The van der Waals surface area contributed by atoms with Crippen LogP contribution in [0.5, 0.6) is 0 Å². The van der Waals surface area contributed by atoms with Crippen LogP contribution in [0.15, 0.2) is 35.7 Å². The molecule has 0 fully saturated rings. The van der Waals surface area contributed by atoms with Crippen LogP contribution in [-0.2, 0) is 9.53 Å². The lowest BCUT2D eigenvalue weighted by atomic mass is 10.2. The van der Waals surface area contributed by atoms with Crippen molar-refractivity contribution in [2.45, 2.75) is 13.0 Å². The monoisotopic (exact) mass is 465 g/mol. The molecule has 3 N–H and O–H groups in total. The Labute approximate surface area is 187 Å². The van der Waals surface area contributed by atoms with Gasteiger partial charge in [0.15, 0.2) is 10.6 Å². The van der Waals surface area contributed by atoms with E-state index in [0.717, 1.165) is 4.88 Å². The van der Waals surface area contributed by atoms with Gasteiger partial charge in [-0.2, -0.15) is 5.10 Å². The van der Waals surface area contributed by atoms with Gasteiger partial charge in [-0.1, -0.05) is 17.7 Å². The SMILES string of the molecule is COCCNC(=O)c1ccc(NC(=O)C(C)n2c(-c3cccs3)n[nH]c2=S)cc1Cl. The van der Waals surface area contributed by atoms with E-state index in [9.17, 15) is 9.59 Å². The first-order chi connectivity index (χ1) is 14.4. The summed E-state index contributed by atoms with van der Waals surface area (Å²) >= 11 is 13.1. The molecule has 158 valence electrons. The highest BCUT2D eigenvalue weighted by atomic mass is 35.5. The Morgan fingerprint density at radius 2 is 2.20 bits per heavy atom. The number of carbonyl (C=O) groups excluding carboxylic acids is 2. The third-order valence-electron chi connectivity index (χ3n) is 4.29. The normalized spacial score (nSPS) is 11.8. The van der Waals surface area contributed by atoms with Gasteiger partial charge in [0.1, 0.15) is 6.04 Å². The number of rotatable bonds is 8. The van der Waals surface area contributed by atoms with Crippen LogP contribution >= 0.6 is 35.2 Å². The Balaban J connectivity index is 1.74. The van der Waals surface area contributed by atoms with Crippen molar-refractivity contribution in [3.63, 3.8) is 0 Å². The lowest BCUT2D eigenvalue weighted by Gasteiger charge is -2.16.